The highest BCUT2D eigenvalue weighted by atomic mass is 16.5. The number of nitrogen functional groups attached to an aromatic ring is 1. The van der Waals surface area contributed by atoms with Gasteiger partial charge in [0.2, 0.25) is 5.95 Å². The Balaban J connectivity index is 2.08. The Hall–Kier alpha value is -1.91. The van der Waals surface area contributed by atoms with Gasteiger partial charge in [-0.3, -0.25) is 0 Å². The summed E-state index contributed by atoms with van der Waals surface area (Å²) < 4.78 is 10.7. The molecular weight excluding hydrogens is 234 g/mol. The maximum atomic E-state index is 8.74. The third kappa shape index (κ3) is 2.67. The fourth-order valence-electron chi connectivity index (χ4n) is 1.83. The van der Waals surface area contributed by atoms with E-state index >= 15 is 0 Å². The summed E-state index contributed by atoms with van der Waals surface area (Å²) >= 11 is 0. The third-order valence-electron chi connectivity index (χ3n) is 2.86. The van der Waals surface area contributed by atoms with Crippen LogP contribution in [0.2, 0.25) is 0 Å². The average Bonchev–Trinajstić information content (AvgIpc) is 2.39. The van der Waals surface area contributed by atoms with Gasteiger partial charge in [0.05, 0.1) is 18.8 Å². The molecule has 0 radical (unpaired) electrons. The van der Waals surface area contributed by atoms with Gasteiger partial charge in [0.1, 0.15) is 23.6 Å². The summed E-state index contributed by atoms with van der Waals surface area (Å²) in [5, 5.41) is 11.9. The first-order chi connectivity index (χ1) is 8.74. The number of rotatable bonds is 3. The largest absolute Gasteiger partial charge is 0.382 e. The number of aromatic nitrogens is 2. The van der Waals surface area contributed by atoms with Crippen molar-refractivity contribution in [3.63, 3.8) is 0 Å². The Morgan fingerprint density at radius 3 is 3.17 bits per heavy atom. The van der Waals surface area contributed by atoms with E-state index in [1.807, 2.05) is 6.07 Å². The maximum absolute atomic E-state index is 8.74. The van der Waals surface area contributed by atoms with Crippen molar-refractivity contribution < 1.29 is 9.47 Å². The van der Waals surface area contributed by atoms with Crippen LogP contribution in [-0.4, -0.2) is 42.4 Å². The molecule has 18 heavy (non-hydrogen) atoms. The molecule has 2 atom stereocenters. The first kappa shape index (κ1) is 12.5. The molecule has 1 aliphatic heterocycles. The molecule has 2 rings (SSSR count). The second-order valence-corrected chi connectivity index (χ2v) is 3.99. The topological polar surface area (TPSA) is 106 Å². The van der Waals surface area contributed by atoms with E-state index in [2.05, 4.69) is 15.3 Å². The smallest absolute Gasteiger partial charge is 0.224 e. The number of anilines is 2. The fraction of sp³-hybridized carbons (Fsp3) is 0.545. The maximum Gasteiger partial charge on any atom is 0.224 e. The predicted molar refractivity (Wildman–Crippen MR) is 64.8 cm³/mol. The fourth-order valence-corrected chi connectivity index (χ4v) is 1.83. The van der Waals surface area contributed by atoms with Gasteiger partial charge >= 0.3 is 0 Å². The summed E-state index contributed by atoms with van der Waals surface area (Å²) in [4.78, 5) is 8.10. The molecule has 0 unspecified atom stereocenters. The van der Waals surface area contributed by atoms with Gasteiger partial charge in [0, 0.05) is 13.7 Å². The van der Waals surface area contributed by atoms with Gasteiger partial charge in [0.15, 0.2) is 0 Å². The van der Waals surface area contributed by atoms with E-state index in [9.17, 15) is 0 Å². The van der Waals surface area contributed by atoms with E-state index in [0.29, 0.717) is 19.2 Å². The standard InChI is InChI=1S/C11H15N5O2/c1-17-9-6-18-3-2-8(9)15-11-14-5-7(4-12)10(13)16-11/h5,8-9H,2-3,6H2,1H3,(H3,13,14,15,16)/t8-,9-/m0/s1. The number of ether oxygens (including phenoxy) is 2. The van der Waals surface area contributed by atoms with Crippen molar-refractivity contribution >= 4 is 11.8 Å². The van der Waals surface area contributed by atoms with Crippen LogP contribution in [-0.2, 0) is 9.47 Å². The van der Waals surface area contributed by atoms with E-state index in [1.165, 1.54) is 6.20 Å². The van der Waals surface area contributed by atoms with E-state index in [1.54, 1.807) is 7.11 Å². The van der Waals surface area contributed by atoms with E-state index in [0.717, 1.165) is 6.42 Å². The van der Waals surface area contributed by atoms with Gasteiger partial charge in [-0.15, -0.1) is 0 Å². The molecule has 0 aliphatic carbocycles. The molecule has 0 saturated carbocycles. The molecule has 7 heteroatoms. The lowest BCUT2D eigenvalue weighted by Crippen LogP contribution is -2.43. The van der Waals surface area contributed by atoms with Crippen molar-refractivity contribution in [1.82, 2.24) is 9.97 Å². The molecule has 96 valence electrons. The zero-order valence-electron chi connectivity index (χ0n) is 10.1. The molecule has 1 aromatic rings. The molecule has 2 heterocycles. The van der Waals surface area contributed by atoms with Crippen molar-refractivity contribution in [2.24, 2.45) is 0 Å². The van der Waals surface area contributed by atoms with Gasteiger partial charge in [-0.05, 0) is 6.42 Å². The predicted octanol–water partition coefficient (Wildman–Crippen LogP) is 0.146. The van der Waals surface area contributed by atoms with Gasteiger partial charge in [-0.25, -0.2) is 4.98 Å². The molecule has 0 amide bonds. The normalized spacial score (nSPS) is 23.3. The minimum absolute atomic E-state index is 0.0424. The molecular formula is C11H15N5O2. The SMILES string of the molecule is CO[C@H]1COCC[C@@H]1Nc1ncc(C#N)c(N)n1. The lowest BCUT2D eigenvalue weighted by Gasteiger charge is -2.30. The Labute approximate surface area is 105 Å². The van der Waals surface area contributed by atoms with Crippen LogP contribution in [0.25, 0.3) is 0 Å². The van der Waals surface area contributed by atoms with Crippen LogP contribution in [0.5, 0.6) is 0 Å². The molecule has 1 aromatic heterocycles. The highest BCUT2D eigenvalue weighted by Gasteiger charge is 2.26. The molecule has 0 aromatic carbocycles. The van der Waals surface area contributed by atoms with Crippen LogP contribution < -0.4 is 11.1 Å². The lowest BCUT2D eigenvalue weighted by atomic mass is 10.1. The van der Waals surface area contributed by atoms with E-state index in [-0.39, 0.29) is 23.5 Å². The number of methoxy groups -OCH3 is 1. The van der Waals surface area contributed by atoms with Crippen LogP contribution in [0.3, 0.4) is 0 Å². The molecule has 1 fully saturated rings. The van der Waals surface area contributed by atoms with Crippen molar-refractivity contribution in [3.05, 3.63) is 11.8 Å². The van der Waals surface area contributed by atoms with Crippen molar-refractivity contribution in [2.45, 2.75) is 18.6 Å². The van der Waals surface area contributed by atoms with Gasteiger partial charge < -0.3 is 20.5 Å². The minimum Gasteiger partial charge on any atom is -0.382 e. The number of nitrogens with two attached hydrogens (primary N) is 1. The van der Waals surface area contributed by atoms with Crippen molar-refractivity contribution in [2.75, 3.05) is 31.4 Å². The first-order valence-electron chi connectivity index (χ1n) is 5.64. The Morgan fingerprint density at radius 2 is 2.50 bits per heavy atom. The number of hydrogen-bond donors (Lipinski definition) is 2. The third-order valence-corrected chi connectivity index (χ3v) is 2.86. The van der Waals surface area contributed by atoms with Crippen LogP contribution in [0.1, 0.15) is 12.0 Å². The summed E-state index contributed by atoms with van der Waals surface area (Å²) in [6.45, 7) is 1.21. The van der Waals surface area contributed by atoms with E-state index < -0.39 is 0 Å². The lowest BCUT2D eigenvalue weighted by molar-refractivity contribution is -0.0367. The summed E-state index contributed by atoms with van der Waals surface area (Å²) in [5.74, 6) is 0.580. The van der Waals surface area contributed by atoms with Crippen molar-refractivity contribution in [3.8, 4) is 6.07 Å². The Bertz CT molecular complexity index is 459. The van der Waals surface area contributed by atoms with Gasteiger partial charge in [-0.2, -0.15) is 10.2 Å². The first-order valence-corrected chi connectivity index (χ1v) is 5.64. The summed E-state index contributed by atoms with van der Waals surface area (Å²) in [6, 6.07) is 2.00. The number of nitrogens with one attached hydrogen (secondary N) is 1. The minimum atomic E-state index is -0.0424. The number of nitrogens with zero attached hydrogens (tertiary/aromatic N) is 3. The molecule has 3 N–H and O–H groups in total. The second-order valence-electron chi connectivity index (χ2n) is 3.99. The quantitative estimate of drug-likeness (QED) is 0.785. The van der Waals surface area contributed by atoms with Crippen LogP contribution in [0, 0.1) is 11.3 Å². The number of nitriles is 1. The van der Waals surface area contributed by atoms with Gasteiger partial charge in [-0.1, -0.05) is 0 Å². The average molecular weight is 249 g/mol. The summed E-state index contributed by atoms with van der Waals surface area (Å²) in [6.07, 6.45) is 2.17. The second kappa shape index (κ2) is 5.62. The molecule has 0 bridgehead atoms. The highest BCUT2D eigenvalue weighted by molar-refractivity contribution is 5.49. The molecule has 1 aliphatic rings. The van der Waals surface area contributed by atoms with Crippen molar-refractivity contribution in [1.29, 1.82) is 5.26 Å². The van der Waals surface area contributed by atoms with Crippen LogP contribution in [0.4, 0.5) is 11.8 Å². The summed E-state index contributed by atoms with van der Waals surface area (Å²) in [5.41, 5.74) is 5.91. The zero-order valence-corrected chi connectivity index (χ0v) is 10.1. The van der Waals surface area contributed by atoms with Gasteiger partial charge in [0.25, 0.3) is 0 Å². The van der Waals surface area contributed by atoms with E-state index in [4.69, 9.17) is 20.5 Å². The van der Waals surface area contributed by atoms with Crippen LogP contribution in [0.15, 0.2) is 6.20 Å². The number of hydrogen-bond acceptors (Lipinski definition) is 7. The molecule has 1 saturated heterocycles. The molecule has 0 spiro atoms. The monoisotopic (exact) mass is 249 g/mol. The summed E-state index contributed by atoms with van der Waals surface area (Å²) in [7, 11) is 1.64. The van der Waals surface area contributed by atoms with Crippen LogP contribution >= 0.6 is 0 Å². The Kier molecular flexibility index (Phi) is 3.92. The zero-order chi connectivity index (χ0) is 13.0. The Morgan fingerprint density at radius 1 is 1.67 bits per heavy atom. The highest BCUT2D eigenvalue weighted by Crippen LogP contribution is 2.16. The molecule has 7 nitrogen and oxygen atoms in total.